The number of rotatable bonds is 5. The number of guanidine groups is 1. The molecule has 0 aliphatic heterocycles. The van der Waals surface area contributed by atoms with Crippen molar-refractivity contribution < 1.29 is 0 Å². The van der Waals surface area contributed by atoms with Crippen molar-refractivity contribution in [3.63, 3.8) is 0 Å². The molecular weight excluding hydrogens is 312 g/mol. The first-order valence-electron chi connectivity index (χ1n) is 7.45. The highest BCUT2D eigenvalue weighted by Crippen LogP contribution is 2.23. The standard InChI is InChI=1S/C16H24N4S2/c1-10(2)15-12(4)22-14(20-15)9-19-16(17-5)18-8-13-7-6-11(3)21-13/h6-7,10H,8-9H2,1-5H3,(H2,17,18,19). The molecule has 0 atom stereocenters. The van der Waals surface area contributed by atoms with Gasteiger partial charge in [-0.05, 0) is 31.9 Å². The van der Waals surface area contributed by atoms with Crippen molar-refractivity contribution in [2.45, 2.75) is 46.7 Å². The van der Waals surface area contributed by atoms with Gasteiger partial charge in [0.05, 0.1) is 18.8 Å². The maximum atomic E-state index is 4.71. The van der Waals surface area contributed by atoms with Crippen molar-refractivity contribution in [2.24, 2.45) is 4.99 Å². The zero-order valence-corrected chi connectivity index (χ0v) is 15.5. The summed E-state index contributed by atoms with van der Waals surface area (Å²) in [5.41, 5.74) is 1.21. The first-order chi connectivity index (χ1) is 10.5. The maximum Gasteiger partial charge on any atom is 0.191 e. The number of aliphatic imine (C=N–C) groups is 1. The highest BCUT2D eigenvalue weighted by atomic mass is 32.1. The third-order valence-corrected chi connectivity index (χ3v) is 5.27. The number of aryl methyl sites for hydroxylation is 2. The van der Waals surface area contributed by atoms with Gasteiger partial charge in [0.2, 0.25) is 0 Å². The Morgan fingerprint density at radius 1 is 1.18 bits per heavy atom. The molecule has 4 nitrogen and oxygen atoms in total. The number of nitrogens with zero attached hydrogens (tertiary/aromatic N) is 2. The van der Waals surface area contributed by atoms with Crippen LogP contribution in [0, 0.1) is 13.8 Å². The minimum absolute atomic E-state index is 0.476. The van der Waals surface area contributed by atoms with E-state index in [9.17, 15) is 0 Å². The molecule has 0 saturated carbocycles. The second-order valence-electron chi connectivity index (χ2n) is 5.50. The summed E-state index contributed by atoms with van der Waals surface area (Å²) < 4.78 is 0. The number of hydrogen-bond donors (Lipinski definition) is 2. The Balaban J connectivity index is 1.87. The second-order valence-corrected chi connectivity index (χ2v) is 8.16. The van der Waals surface area contributed by atoms with Gasteiger partial charge in [0.1, 0.15) is 5.01 Å². The fraction of sp³-hybridized carbons (Fsp3) is 0.500. The van der Waals surface area contributed by atoms with Crippen LogP contribution in [0.2, 0.25) is 0 Å². The summed E-state index contributed by atoms with van der Waals surface area (Å²) in [6.45, 7) is 10.1. The van der Waals surface area contributed by atoms with Gasteiger partial charge in [-0.1, -0.05) is 13.8 Å². The molecule has 0 aliphatic carbocycles. The fourth-order valence-electron chi connectivity index (χ4n) is 2.21. The van der Waals surface area contributed by atoms with Crippen LogP contribution in [0.4, 0.5) is 0 Å². The van der Waals surface area contributed by atoms with Gasteiger partial charge in [-0.25, -0.2) is 4.98 Å². The van der Waals surface area contributed by atoms with Crippen LogP contribution in [0.25, 0.3) is 0 Å². The molecule has 0 saturated heterocycles. The van der Waals surface area contributed by atoms with Crippen molar-refractivity contribution in [2.75, 3.05) is 7.05 Å². The molecule has 2 heterocycles. The molecule has 2 aromatic rings. The zero-order valence-electron chi connectivity index (χ0n) is 13.9. The summed E-state index contributed by atoms with van der Waals surface area (Å²) in [4.78, 5) is 12.9. The van der Waals surface area contributed by atoms with Crippen LogP contribution >= 0.6 is 22.7 Å². The monoisotopic (exact) mass is 336 g/mol. The summed E-state index contributed by atoms with van der Waals surface area (Å²) in [6.07, 6.45) is 0. The van der Waals surface area contributed by atoms with Crippen molar-refractivity contribution in [1.82, 2.24) is 15.6 Å². The van der Waals surface area contributed by atoms with Gasteiger partial charge in [-0.3, -0.25) is 4.99 Å². The molecule has 0 fully saturated rings. The molecule has 0 unspecified atom stereocenters. The van der Waals surface area contributed by atoms with Crippen LogP contribution in [-0.2, 0) is 13.1 Å². The van der Waals surface area contributed by atoms with Crippen molar-refractivity contribution >= 4 is 28.6 Å². The Kier molecular flexibility index (Phi) is 5.97. The highest BCUT2D eigenvalue weighted by molar-refractivity contribution is 7.12. The highest BCUT2D eigenvalue weighted by Gasteiger charge is 2.11. The predicted octanol–water partition coefficient (Wildman–Crippen LogP) is 3.81. The summed E-state index contributed by atoms with van der Waals surface area (Å²) in [7, 11) is 1.79. The molecule has 22 heavy (non-hydrogen) atoms. The lowest BCUT2D eigenvalue weighted by Gasteiger charge is -2.09. The van der Waals surface area contributed by atoms with Crippen LogP contribution in [0.15, 0.2) is 17.1 Å². The van der Waals surface area contributed by atoms with Crippen molar-refractivity contribution in [3.8, 4) is 0 Å². The normalized spacial score (nSPS) is 12.0. The largest absolute Gasteiger partial charge is 0.352 e. The average molecular weight is 337 g/mol. The van der Waals surface area contributed by atoms with E-state index in [1.165, 1.54) is 20.3 Å². The van der Waals surface area contributed by atoms with E-state index in [1.807, 2.05) is 11.3 Å². The quantitative estimate of drug-likeness (QED) is 0.645. The third kappa shape index (κ3) is 4.55. The summed E-state index contributed by atoms with van der Waals surface area (Å²) in [5, 5.41) is 7.78. The van der Waals surface area contributed by atoms with E-state index in [1.54, 1.807) is 18.4 Å². The van der Waals surface area contributed by atoms with E-state index in [-0.39, 0.29) is 0 Å². The first kappa shape index (κ1) is 17.0. The zero-order chi connectivity index (χ0) is 16.1. The average Bonchev–Trinajstić information content (AvgIpc) is 3.05. The Morgan fingerprint density at radius 2 is 1.91 bits per heavy atom. The Hall–Kier alpha value is -1.40. The van der Waals surface area contributed by atoms with Gasteiger partial charge in [0.25, 0.3) is 0 Å². The van der Waals surface area contributed by atoms with Gasteiger partial charge in [-0.15, -0.1) is 22.7 Å². The topological polar surface area (TPSA) is 49.3 Å². The second kappa shape index (κ2) is 7.74. The molecule has 0 radical (unpaired) electrons. The lowest BCUT2D eigenvalue weighted by molar-refractivity contribution is 0.785. The molecular formula is C16H24N4S2. The molecule has 0 bridgehead atoms. The van der Waals surface area contributed by atoms with Gasteiger partial charge in [-0.2, -0.15) is 0 Å². The molecule has 2 aromatic heterocycles. The van der Waals surface area contributed by atoms with Gasteiger partial charge < -0.3 is 10.6 Å². The Bertz CT molecular complexity index is 640. The van der Waals surface area contributed by atoms with Crippen molar-refractivity contribution in [3.05, 3.63) is 37.5 Å². The minimum Gasteiger partial charge on any atom is -0.352 e. The molecule has 2 N–H and O–H groups in total. The Labute approximate surface area is 140 Å². The smallest absolute Gasteiger partial charge is 0.191 e. The predicted molar refractivity (Wildman–Crippen MR) is 97.0 cm³/mol. The lowest BCUT2D eigenvalue weighted by atomic mass is 10.1. The molecule has 2 rings (SSSR count). The van der Waals surface area contributed by atoms with Gasteiger partial charge >= 0.3 is 0 Å². The van der Waals surface area contributed by atoms with Crippen LogP contribution in [0.1, 0.15) is 45.1 Å². The van der Waals surface area contributed by atoms with Crippen LogP contribution < -0.4 is 10.6 Å². The fourth-order valence-corrected chi connectivity index (χ4v) is 4.06. The molecule has 6 heteroatoms. The molecule has 120 valence electrons. The third-order valence-electron chi connectivity index (χ3n) is 3.28. The summed E-state index contributed by atoms with van der Waals surface area (Å²) in [5.74, 6) is 1.29. The van der Waals surface area contributed by atoms with Crippen LogP contribution in [0.5, 0.6) is 0 Å². The van der Waals surface area contributed by atoms with E-state index in [4.69, 9.17) is 4.98 Å². The van der Waals surface area contributed by atoms with Gasteiger partial charge in [0.15, 0.2) is 5.96 Å². The van der Waals surface area contributed by atoms with Gasteiger partial charge in [0, 0.05) is 21.7 Å². The van der Waals surface area contributed by atoms with E-state index in [0.29, 0.717) is 12.5 Å². The number of aromatic nitrogens is 1. The SMILES string of the molecule is CN=C(NCc1ccc(C)s1)NCc1nc(C(C)C)c(C)s1. The van der Waals surface area contributed by atoms with E-state index in [2.05, 4.69) is 55.5 Å². The lowest BCUT2D eigenvalue weighted by Crippen LogP contribution is -2.36. The van der Waals surface area contributed by atoms with Crippen LogP contribution in [-0.4, -0.2) is 18.0 Å². The van der Waals surface area contributed by atoms with E-state index in [0.717, 1.165) is 17.5 Å². The summed E-state index contributed by atoms with van der Waals surface area (Å²) >= 11 is 3.57. The first-order valence-corrected chi connectivity index (χ1v) is 9.09. The molecule has 0 amide bonds. The van der Waals surface area contributed by atoms with E-state index >= 15 is 0 Å². The molecule has 0 aromatic carbocycles. The van der Waals surface area contributed by atoms with Crippen LogP contribution in [0.3, 0.4) is 0 Å². The minimum atomic E-state index is 0.476. The molecule has 0 spiro atoms. The molecule has 0 aliphatic rings. The number of nitrogens with one attached hydrogen (secondary N) is 2. The summed E-state index contributed by atoms with van der Waals surface area (Å²) in [6, 6.07) is 4.29. The number of thiazole rings is 1. The Morgan fingerprint density at radius 3 is 2.45 bits per heavy atom. The van der Waals surface area contributed by atoms with Crippen molar-refractivity contribution in [1.29, 1.82) is 0 Å². The van der Waals surface area contributed by atoms with E-state index < -0.39 is 0 Å². The maximum absolute atomic E-state index is 4.71. The number of hydrogen-bond acceptors (Lipinski definition) is 4. The number of thiophene rings is 1.